The molecular weight excluding hydrogens is 250 g/mol. The second-order valence-corrected chi connectivity index (χ2v) is 5.08. The van der Waals surface area contributed by atoms with Gasteiger partial charge in [0.05, 0.1) is 0 Å². The van der Waals surface area contributed by atoms with E-state index in [0.717, 1.165) is 25.3 Å². The standard InChI is InChI=1S/C14H18F2N2O/c15-11-5-4-10(13(16)7-11)8-18-14(19)9-2-1-3-12(17)6-9/h4-5,7,9,12H,1-3,6,8,17H2,(H,18,19). The molecule has 5 heteroatoms. The summed E-state index contributed by atoms with van der Waals surface area (Å²) >= 11 is 0. The summed E-state index contributed by atoms with van der Waals surface area (Å²) in [5.74, 6) is -1.45. The van der Waals surface area contributed by atoms with Gasteiger partial charge in [0.25, 0.3) is 0 Å². The third kappa shape index (κ3) is 3.73. The first-order valence-corrected chi connectivity index (χ1v) is 6.53. The monoisotopic (exact) mass is 268 g/mol. The molecule has 1 aliphatic rings. The molecule has 19 heavy (non-hydrogen) atoms. The molecule has 0 aliphatic heterocycles. The number of nitrogens with two attached hydrogens (primary N) is 1. The van der Waals surface area contributed by atoms with Gasteiger partial charge in [0.15, 0.2) is 0 Å². The zero-order valence-corrected chi connectivity index (χ0v) is 10.7. The van der Waals surface area contributed by atoms with Crippen molar-refractivity contribution in [2.45, 2.75) is 38.3 Å². The van der Waals surface area contributed by atoms with Gasteiger partial charge in [-0.25, -0.2) is 8.78 Å². The smallest absolute Gasteiger partial charge is 0.223 e. The minimum Gasteiger partial charge on any atom is -0.352 e. The highest BCUT2D eigenvalue weighted by molar-refractivity contribution is 5.78. The summed E-state index contributed by atoms with van der Waals surface area (Å²) in [5, 5.41) is 2.69. The third-order valence-electron chi connectivity index (χ3n) is 3.55. The normalized spacial score (nSPS) is 23.1. The largest absolute Gasteiger partial charge is 0.352 e. The minimum absolute atomic E-state index is 0.0760. The fourth-order valence-electron chi connectivity index (χ4n) is 2.46. The predicted octanol–water partition coefficient (Wildman–Crippen LogP) is 2.10. The van der Waals surface area contributed by atoms with Crippen molar-refractivity contribution in [3.8, 4) is 0 Å². The summed E-state index contributed by atoms with van der Waals surface area (Å²) in [4.78, 5) is 11.9. The topological polar surface area (TPSA) is 55.1 Å². The van der Waals surface area contributed by atoms with Gasteiger partial charge in [-0.3, -0.25) is 4.79 Å². The Morgan fingerprint density at radius 1 is 1.37 bits per heavy atom. The molecule has 1 amide bonds. The molecule has 0 saturated heterocycles. The molecule has 0 bridgehead atoms. The molecule has 1 aliphatic carbocycles. The van der Waals surface area contributed by atoms with Crippen molar-refractivity contribution in [3.05, 3.63) is 35.4 Å². The molecule has 1 fully saturated rings. The van der Waals surface area contributed by atoms with Gasteiger partial charge in [-0.05, 0) is 25.3 Å². The van der Waals surface area contributed by atoms with Crippen LogP contribution in [-0.2, 0) is 11.3 Å². The molecular formula is C14H18F2N2O. The molecule has 104 valence electrons. The Kier molecular flexibility index (Phi) is 4.47. The lowest BCUT2D eigenvalue weighted by atomic mass is 9.85. The number of benzene rings is 1. The molecule has 2 atom stereocenters. The summed E-state index contributed by atoms with van der Waals surface area (Å²) in [6, 6.07) is 3.42. The molecule has 0 spiro atoms. The van der Waals surface area contributed by atoms with Gasteiger partial charge in [0.2, 0.25) is 5.91 Å². The summed E-state index contributed by atoms with van der Waals surface area (Å²) in [5.41, 5.74) is 6.12. The first-order valence-electron chi connectivity index (χ1n) is 6.53. The molecule has 2 unspecified atom stereocenters. The molecule has 3 nitrogen and oxygen atoms in total. The van der Waals surface area contributed by atoms with Crippen molar-refractivity contribution in [1.82, 2.24) is 5.32 Å². The van der Waals surface area contributed by atoms with Crippen LogP contribution in [-0.4, -0.2) is 11.9 Å². The van der Waals surface area contributed by atoms with Crippen molar-refractivity contribution in [3.63, 3.8) is 0 Å². The van der Waals surface area contributed by atoms with E-state index in [1.54, 1.807) is 0 Å². The van der Waals surface area contributed by atoms with E-state index in [1.807, 2.05) is 0 Å². The number of rotatable bonds is 3. The van der Waals surface area contributed by atoms with Crippen molar-refractivity contribution in [1.29, 1.82) is 0 Å². The van der Waals surface area contributed by atoms with Crippen LogP contribution in [0.5, 0.6) is 0 Å². The van der Waals surface area contributed by atoms with E-state index in [0.29, 0.717) is 6.42 Å². The zero-order chi connectivity index (χ0) is 13.8. The van der Waals surface area contributed by atoms with Crippen molar-refractivity contribution < 1.29 is 13.6 Å². The van der Waals surface area contributed by atoms with E-state index in [4.69, 9.17) is 5.73 Å². The lowest BCUT2D eigenvalue weighted by Crippen LogP contribution is -2.37. The Bertz CT molecular complexity index is 465. The van der Waals surface area contributed by atoms with E-state index in [-0.39, 0.29) is 30.0 Å². The lowest BCUT2D eigenvalue weighted by Gasteiger charge is -2.25. The van der Waals surface area contributed by atoms with E-state index < -0.39 is 11.6 Å². The molecule has 1 saturated carbocycles. The minimum atomic E-state index is -0.638. The van der Waals surface area contributed by atoms with Crippen LogP contribution in [0.2, 0.25) is 0 Å². The molecule has 1 aromatic carbocycles. The van der Waals surface area contributed by atoms with E-state index >= 15 is 0 Å². The highest BCUT2D eigenvalue weighted by Crippen LogP contribution is 2.23. The fourth-order valence-corrected chi connectivity index (χ4v) is 2.46. The average Bonchev–Trinajstić information content (AvgIpc) is 2.37. The molecule has 3 N–H and O–H groups in total. The van der Waals surface area contributed by atoms with Crippen LogP contribution in [0.4, 0.5) is 8.78 Å². The Labute approximate surface area is 111 Å². The number of carbonyl (C=O) groups is 1. The predicted molar refractivity (Wildman–Crippen MR) is 68.1 cm³/mol. The first kappa shape index (κ1) is 13.9. The van der Waals surface area contributed by atoms with Crippen molar-refractivity contribution >= 4 is 5.91 Å². The van der Waals surface area contributed by atoms with Gasteiger partial charge in [-0.15, -0.1) is 0 Å². The summed E-state index contributed by atoms with van der Waals surface area (Å²) in [6.45, 7) is 0.0800. The zero-order valence-electron chi connectivity index (χ0n) is 10.7. The highest BCUT2D eigenvalue weighted by Gasteiger charge is 2.25. The first-order chi connectivity index (χ1) is 9.06. The van der Waals surface area contributed by atoms with Crippen LogP contribution in [0.15, 0.2) is 18.2 Å². The van der Waals surface area contributed by atoms with Crippen LogP contribution in [0.3, 0.4) is 0 Å². The Hall–Kier alpha value is -1.49. The van der Waals surface area contributed by atoms with E-state index in [1.165, 1.54) is 12.1 Å². The number of nitrogens with one attached hydrogen (secondary N) is 1. The average molecular weight is 268 g/mol. The van der Waals surface area contributed by atoms with Gasteiger partial charge in [0, 0.05) is 30.1 Å². The second-order valence-electron chi connectivity index (χ2n) is 5.08. The second kappa shape index (κ2) is 6.10. The fraction of sp³-hybridized carbons (Fsp3) is 0.500. The molecule has 0 heterocycles. The Morgan fingerprint density at radius 2 is 2.16 bits per heavy atom. The quantitative estimate of drug-likeness (QED) is 0.882. The maximum Gasteiger partial charge on any atom is 0.223 e. The Morgan fingerprint density at radius 3 is 2.84 bits per heavy atom. The van der Waals surface area contributed by atoms with Crippen molar-refractivity contribution in [2.75, 3.05) is 0 Å². The number of hydrogen-bond donors (Lipinski definition) is 2. The number of carbonyl (C=O) groups excluding carboxylic acids is 1. The summed E-state index contributed by atoms with van der Waals surface area (Å²) in [6.07, 6.45) is 3.41. The molecule has 2 rings (SSSR count). The van der Waals surface area contributed by atoms with Gasteiger partial charge in [-0.2, -0.15) is 0 Å². The van der Waals surface area contributed by atoms with E-state index in [2.05, 4.69) is 5.32 Å². The van der Waals surface area contributed by atoms with Gasteiger partial charge in [-0.1, -0.05) is 12.5 Å². The SMILES string of the molecule is NC1CCCC(C(=O)NCc2ccc(F)cc2F)C1. The maximum atomic E-state index is 13.4. The van der Waals surface area contributed by atoms with Crippen LogP contribution in [0.1, 0.15) is 31.2 Å². The number of halogens is 2. The molecule has 1 aromatic rings. The van der Waals surface area contributed by atoms with Gasteiger partial charge < -0.3 is 11.1 Å². The molecule has 0 radical (unpaired) electrons. The molecule has 0 aromatic heterocycles. The van der Waals surface area contributed by atoms with Crippen LogP contribution in [0, 0.1) is 17.6 Å². The summed E-state index contributed by atoms with van der Waals surface area (Å²) in [7, 11) is 0. The van der Waals surface area contributed by atoms with Crippen LogP contribution < -0.4 is 11.1 Å². The lowest BCUT2D eigenvalue weighted by molar-refractivity contribution is -0.126. The Balaban J connectivity index is 1.89. The van der Waals surface area contributed by atoms with Gasteiger partial charge in [0.1, 0.15) is 11.6 Å². The third-order valence-corrected chi connectivity index (χ3v) is 3.55. The maximum absolute atomic E-state index is 13.4. The number of amides is 1. The van der Waals surface area contributed by atoms with Gasteiger partial charge >= 0.3 is 0 Å². The van der Waals surface area contributed by atoms with E-state index in [9.17, 15) is 13.6 Å². The van der Waals surface area contributed by atoms with Crippen LogP contribution >= 0.6 is 0 Å². The van der Waals surface area contributed by atoms with Crippen LogP contribution in [0.25, 0.3) is 0 Å². The van der Waals surface area contributed by atoms with Crippen molar-refractivity contribution in [2.24, 2.45) is 11.7 Å². The summed E-state index contributed by atoms with van der Waals surface area (Å²) < 4.78 is 26.1. The number of hydrogen-bond acceptors (Lipinski definition) is 2. The highest BCUT2D eigenvalue weighted by atomic mass is 19.1.